The van der Waals surface area contributed by atoms with Gasteiger partial charge in [-0.3, -0.25) is 0 Å². The summed E-state index contributed by atoms with van der Waals surface area (Å²) in [6.07, 6.45) is 3.64. The Morgan fingerprint density at radius 3 is 1.52 bits per heavy atom. The summed E-state index contributed by atoms with van der Waals surface area (Å²) in [4.78, 5) is 11.3. The van der Waals surface area contributed by atoms with Crippen LogP contribution in [0.25, 0.3) is 0 Å². The highest BCUT2D eigenvalue weighted by Crippen LogP contribution is 2.10. The first-order chi connectivity index (χ1) is 11.1. The highest BCUT2D eigenvalue weighted by Gasteiger charge is 2.11. The molecule has 0 aliphatic heterocycles. The van der Waals surface area contributed by atoms with E-state index in [0.29, 0.717) is 30.8 Å². The zero-order valence-corrected chi connectivity index (χ0v) is 15.0. The Bertz CT molecular complexity index is 366. The van der Waals surface area contributed by atoms with E-state index < -0.39 is 6.16 Å². The first kappa shape index (κ1) is 21.3. The van der Waals surface area contributed by atoms with Crippen LogP contribution in [0.3, 0.4) is 0 Å². The van der Waals surface area contributed by atoms with Crippen molar-refractivity contribution in [3.63, 3.8) is 0 Å². The van der Waals surface area contributed by atoms with Crippen LogP contribution in [0.2, 0.25) is 0 Å². The minimum absolute atomic E-state index is 0.322. The van der Waals surface area contributed by atoms with Gasteiger partial charge in [0.05, 0.1) is 13.2 Å². The van der Waals surface area contributed by atoms with Gasteiger partial charge in [-0.05, 0) is 24.0 Å². The van der Waals surface area contributed by atoms with Crippen LogP contribution in [-0.4, -0.2) is 24.5 Å². The topological polar surface area (TPSA) is 55.8 Å². The zero-order chi connectivity index (χ0) is 17.5. The van der Waals surface area contributed by atoms with E-state index in [1.54, 1.807) is 24.3 Å². The molecule has 23 heavy (non-hydrogen) atoms. The molecule has 0 unspecified atom stereocenters. The molecule has 0 saturated carbocycles. The molecule has 0 saturated heterocycles. The Morgan fingerprint density at radius 1 is 0.870 bits per heavy atom. The SMILES string of the molecule is CCC(CC)COC(=O)OCC(CC)CC.Oc1ccccc1. The van der Waals surface area contributed by atoms with E-state index in [1.165, 1.54) is 0 Å². The van der Waals surface area contributed by atoms with Crippen molar-refractivity contribution in [3.05, 3.63) is 30.3 Å². The van der Waals surface area contributed by atoms with Crippen molar-refractivity contribution in [1.29, 1.82) is 0 Å². The highest BCUT2D eigenvalue weighted by atomic mass is 16.7. The lowest BCUT2D eigenvalue weighted by Gasteiger charge is -2.15. The molecule has 0 aliphatic rings. The Balaban J connectivity index is 0.000000568. The van der Waals surface area contributed by atoms with Crippen LogP contribution in [-0.2, 0) is 9.47 Å². The van der Waals surface area contributed by atoms with Gasteiger partial charge in [-0.2, -0.15) is 0 Å². The molecule has 0 spiro atoms. The summed E-state index contributed by atoms with van der Waals surface area (Å²) >= 11 is 0. The van der Waals surface area contributed by atoms with Gasteiger partial charge < -0.3 is 14.6 Å². The van der Waals surface area contributed by atoms with E-state index in [9.17, 15) is 4.79 Å². The fourth-order valence-electron chi connectivity index (χ4n) is 1.89. The number of rotatable bonds is 8. The molecule has 0 aliphatic carbocycles. The number of benzene rings is 1. The van der Waals surface area contributed by atoms with Crippen LogP contribution < -0.4 is 0 Å². The smallest absolute Gasteiger partial charge is 0.508 e. The van der Waals surface area contributed by atoms with Crippen LogP contribution in [0, 0.1) is 11.8 Å². The number of phenols is 1. The largest absolute Gasteiger partial charge is 0.508 e. The maximum atomic E-state index is 11.3. The Labute approximate surface area is 140 Å². The lowest BCUT2D eigenvalue weighted by Crippen LogP contribution is -2.17. The molecule has 1 rings (SSSR count). The van der Waals surface area contributed by atoms with Gasteiger partial charge in [-0.25, -0.2) is 4.79 Å². The lowest BCUT2D eigenvalue weighted by atomic mass is 10.1. The summed E-state index contributed by atoms with van der Waals surface area (Å²) in [7, 11) is 0. The molecule has 0 aromatic heterocycles. The average molecular weight is 324 g/mol. The maximum absolute atomic E-state index is 11.3. The van der Waals surface area contributed by atoms with Crippen LogP contribution in [0.15, 0.2) is 30.3 Å². The summed E-state index contributed by atoms with van der Waals surface area (Å²) in [5, 5.41) is 8.63. The molecule has 0 bridgehead atoms. The summed E-state index contributed by atoms with van der Waals surface area (Å²) in [6, 6.07) is 8.71. The molecular weight excluding hydrogens is 292 g/mol. The van der Waals surface area contributed by atoms with E-state index in [2.05, 4.69) is 27.7 Å². The van der Waals surface area contributed by atoms with Crippen LogP contribution >= 0.6 is 0 Å². The monoisotopic (exact) mass is 324 g/mol. The zero-order valence-electron chi connectivity index (χ0n) is 15.0. The predicted octanol–water partition coefficient (Wildman–Crippen LogP) is 5.40. The summed E-state index contributed by atoms with van der Waals surface area (Å²) in [6.45, 7) is 9.38. The molecule has 1 aromatic carbocycles. The first-order valence-corrected chi connectivity index (χ1v) is 8.60. The molecule has 1 N–H and O–H groups in total. The van der Waals surface area contributed by atoms with Gasteiger partial charge in [0.1, 0.15) is 5.75 Å². The maximum Gasteiger partial charge on any atom is 0.508 e. The minimum atomic E-state index is -0.515. The fraction of sp³-hybridized carbons (Fsp3) is 0.632. The van der Waals surface area contributed by atoms with E-state index in [-0.39, 0.29) is 0 Å². The third-order valence-electron chi connectivity index (χ3n) is 3.94. The number of carbonyl (C=O) groups excluding carboxylic acids is 1. The average Bonchev–Trinajstić information content (AvgIpc) is 2.58. The Kier molecular flexibility index (Phi) is 12.9. The molecule has 0 fully saturated rings. The Morgan fingerprint density at radius 2 is 1.26 bits per heavy atom. The number of para-hydroxylation sites is 1. The molecule has 0 atom stereocenters. The van der Waals surface area contributed by atoms with E-state index in [4.69, 9.17) is 14.6 Å². The van der Waals surface area contributed by atoms with E-state index in [1.807, 2.05) is 6.07 Å². The number of hydrogen-bond acceptors (Lipinski definition) is 4. The molecule has 4 nitrogen and oxygen atoms in total. The van der Waals surface area contributed by atoms with Crippen LogP contribution in [0.5, 0.6) is 5.75 Å². The third kappa shape index (κ3) is 11.5. The fourth-order valence-corrected chi connectivity index (χ4v) is 1.89. The van der Waals surface area contributed by atoms with Gasteiger partial charge in [0.2, 0.25) is 0 Å². The van der Waals surface area contributed by atoms with Crippen molar-refractivity contribution >= 4 is 6.16 Å². The Hall–Kier alpha value is -1.71. The minimum Gasteiger partial charge on any atom is -0.508 e. The lowest BCUT2D eigenvalue weighted by molar-refractivity contribution is 0.0329. The quantitative estimate of drug-likeness (QED) is 0.650. The van der Waals surface area contributed by atoms with Gasteiger partial charge in [0, 0.05) is 0 Å². The molecule has 4 heteroatoms. The van der Waals surface area contributed by atoms with Crippen LogP contribution in [0.4, 0.5) is 4.79 Å². The summed E-state index contributed by atoms with van der Waals surface area (Å²) < 4.78 is 10.1. The molecule has 132 valence electrons. The summed E-state index contributed by atoms with van der Waals surface area (Å²) in [5.74, 6) is 1.24. The second-order valence-corrected chi connectivity index (χ2v) is 5.57. The van der Waals surface area contributed by atoms with E-state index in [0.717, 1.165) is 25.7 Å². The van der Waals surface area contributed by atoms with Crippen molar-refractivity contribution in [2.75, 3.05) is 13.2 Å². The van der Waals surface area contributed by atoms with Crippen molar-refractivity contribution in [2.24, 2.45) is 11.8 Å². The number of phenolic OH excluding ortho intramolecular Hbond substituents is 1. The predicted molar refractivity (Wildman–Crippen MR) is 93.6 cm³/mol. The first-order valence-electron chi connectivity index (χ1n) is 8.60. The molecular formula is C19H32O4. The van der Waals surface area contributed by atoms with Crippen molar-refractivity contribution in [3.8, 4) is 5.75 Å². The second kappa shape index (κ2) is 13.9. The van der Waals surface area contributed by atoms with Crippen molar-refractivity contribution in [1.82, 2.24) is 0 Å². The van der Waals surface area contributed by atoms with Gasteiger partial charge >= 0.3 is 6.16 Å². The molecule has 0 radical (unpaired) electrons. The normalized spacial score (nSPS) is 10.2. The molecule has 1 aromatic rings. The van der Waals surface area contributed by atoms with Crippen molar-refractivity contribution in [2.45, 2.75) is 53.4 Å². The van der Waals surface area contributed by atoms with E-state index >= 15 is 0 Å². The van der Waals surface area contributed by atoms with Crippen molar-refractivity contribution < 1.29 is 19.4 Å². The molecule has 0 heterocycles. The number of hydrogen-bond donors (Lipinski definition) is 1. The number of ether oxygens (including phenoxy) is 2. The van der Waals surface area contributed by atoms with Gasteiger partial charge in [-0.1, -0.05) is 71.6 Å². The van der Waals surface area contributed by atoms with Gasteiger partial charge in [0.25, 0.3) is 0 Å². The number of carbonyl (C=O) groups is 1. The number of aromatic hydroxyl groups is 1. The highest BCUT2D eigenvalue weighted by molar-refractivity contribution is 5.59. The van der Waals surface area contributed by atoms with Crippen LogP contribution in [0.1, 0.15) is 53.4 Å². The third-order valence-corrected chi connectivity index (χ3v) is 3.94. The second-order valence-electron chi connectivity index (χ2n) is 5.57. The van der Waals surface area contributed by atoms with Gasteiger partial charge in [-0.15, -0.1) is 0 Å². The summed E-state index contributed by atoms with van der Waals surface area (Å²) in [5.41, 5.74) is 0. The molecule has 0 amide bonds. The standard InChI is InChI=1S/C13H26O3.C6H6O/c1-5-11(6-2)9-15-13(14)16-10-12(7-3)8-4;7-6-4-2-1-3-5-6/h11-12H,5-10H2,1-4H3;1-5,7H. The van der Waals surface area contributed by atoms with Gasteiger partial charge in [0.15, 0.2) is 0 Å².